The fourth-order valence-electron chi connectivity index (χ4n) is 1.93. The van der Waals surface area contributed by atoms with E-state index in [0.29, 0.717) is 5.56 Å². The maximum atomic E-state index is 14.1. The Hall–Kier alpha value is -1.77. The number of hydrogen-bond acceptors (Lipinski definition) is 6. The molecule has 124 valence electrons. The zero-order chi connectivity index (χ0) is 17.2. The van der Waals surface area contributed by atoms with Crippen molar-refractivity contribution in [3.05, 3.63) is 41.1 Å². The molecule has 0 bridgehead atoms. The molecule has 0 aliphatic rings. The molecule has 0 amide bonds. The Kier molecular flexibility index (Phi) is 5.18. The predicted octanol–water partition coefficient (Wildman–Crippen LogP) is 2.34. The van der Waals surface area contributed by atoms with Crippen molar-refractivity contribution in [1.82, 2.24) is 9.97 Å². The molecule has 1 unspecified atom stereocenters. The fourth-order valence-corrected chi connectivity index (χ4v) is 2.77. The number of nitrogens with zero attached hydrogens (tertiary/aromatic N) is 2. The van der Waals surface area contributed by atoms with Gasteiger partial charge in [0, 0.05) is 18.2 Å². The van der Waals surface area contributed by atoms with Crippen LogP contribution in [0.4, 0.5) is 15.9 Å². The molecule has 9 heteroatoms. The number of benzene rings is 1. The number of rotatable bonds is 5. The van der Waals surface area contributed by atoms with Crippen molar-refractivity contribution in [2.24, 2.45) is 0 Å². The van der Waals surface area contributed by atoms with E-state index in [1.165, 1.54) is 18.5 Å². The van der Waals surface area contributed by atoms with Gasteiger partial charge in [-0.25, -0.2) is 22.8 Å². The maximum Gasteiger partial charge on any atom is 0.175 e. The van der Waals surface area contributed by atoms with Gasteiger partial charge in [0.1, 0.15) is 23.1 Å². The summed E-state index contributed by atoms with van der Waals surface area (Å²) < 4.78 is 37.0. The monoisotopic (exact) mass is 359 g/mol. The van der Waals surface area contributed by atoms with Crippen molar-refractivity contribution in [3.8, 4) is 0 Å². The van der Waals surface area contributed by atoms with Crippen molar-refractivity contribution in [2.45, 2.75) is 24.3 Å². The van der Waals surface area contributed by atoms with E-state index in [0.717, 1.165) is 12.3 Å². The van der Waals surface area contributed by atoms with Crippen molar-refractivity contribution in [2.75, 3.05) is 11.6 Å². The molecule has 2 N–H and O–H groups in total. The average molecular weight is 360 g/mol. The molecule has 6 nitrogen and oxygen atoms in total. The van der Waals surface area contributed by atoms with Crippen molar-refractivity contribution in [3.63, 3.8) is 0 Å². The third-order valence-corrected chi connectivity index (χ3v) is 4.45. The number of nitrogens with one attached hydrogen (secondary N) is 1. The molecule has 1 heterocycles. The number of hydrogen-bond donors (Lipinski definition) is 2. The molecule has 0 spiro atoms. The van der Waals surface area contributed by atoms with Gasteiger partial charge in [-0.3, -0.25) is 0 Å². The molecule has 0 aliphatic heterocycles. The Labute approximate surface area is 138 Å². The highest BCUT2D eigenvalue weighted by Crippen LogP contribution is 2.27. The first-order chi connectivity index (χ1) is 10.7. The van der Waals surface area contributed by atoms with Crippen LogP contribution in [0.25, 0.3) is 0 Å². The second-order valence-electron chi connectivity index (χ2n) is 5.08. The normalized spacial score (nSPS) is 12.9. The minimum Gasteiger partial charge on any atom is -0.393 e. The predicted molar refractivity (Wildman–Crippen MR) is 85.2 cm³/mol. The van der Waals surface area contributed by atoms with Crippen LogP contribution in [0, 0.1) is 5.82 Å². The van der Waals surface area contributed by atoms with E-state index < -0.39 is 21.8 Å². The van der Waals surface area contributed by atoms with E-state index in [9.17, 15) is 17.9 Å². The molecular formula is C14H15ClFN3O3S. The van der Waals surface area contributed by atoms with Gasteiger partial charge in [0.05, 0.1) is 16.7 Å². The largest absolute Gasteiger partial charge is 0.393 e. The zero-order valence-corrected chi connectivity index (χ0v) is 14.0. The van der Waals surface area contributed by atoms with Crippen LogP contribution >= 0.6 is 11.6 Å². The number of aliphatic hydroxyl groups excluding tert-OH is 1. The second-order valence-corrected chi connectivity index (χ2v) is 7.46. The summed E-state index contributed by atoms with van der Waals surface area (Å²) in [5.74, 6) is -0.498. The summed E-state index contributed by atoms with van der Waals surface area (Å²) in [7, 11) is -3.49. The van der Waals surface area contributed by atoms with Crippen LogP contribution in [0.1, 0.15) is 12.5 Å². The molecular weight excluding hydrogens is 345 g/mol. The van der Waals surface area contributed by atoms with Crippen LogP contribution in [0.5, 0.6) is 0 Å². The lowest BCUT2D eigenvalue weighted by atomic mass is 10.1. The van der Waals surface area contributed by atoms with Gasteiger partial charge in [-0.1, -0.05) is 11.6 Å². The summed E-state index contributed by atoms with van der Waals surface area (Å²) in [4.78, 5) is 7.71. The molecule has 1 atom stereocenters. The number of aliphatic hydroxyl groups is 1. The highest BCUT2D eigenvalue weighted by atomic mass is 35.5. The van der Waals surface area contributed by atoms with Crippen molar-refractivity contribution in [1.29, 1.82) is 0 Å². The summed E-state index contributed by atoms with van der Waals surface area (Å²) in [6.07, 6.45) is 1.71. The lowest BCUT2D eigenvalue weighted by molar-refractivity contribution is 0.195. The van der Waals surface area contributed by atoms with E-state index >= 15 is 0 Å². The third kappa shape index (κ3) is 4.37. The third-order valence-electron chi connectivity index (χ3n) is 3.01. The SMILES string of the molecule is CC(O)Cc1c(Cl)ncnc1Nc1ccc(S(C)(=O)=O)cc1F. The minimum absolute atomic E-state index is 0.0407. The quantitative estimate of drug-likeness (QED) is 0.796. The Morgan fingerprint density at radius 3 is 2.65 bits per heavy atom. The number of anilines is 2. The summed E-state index contributed by atoms with van der Waals surface area (Å²) in [6.45, 7) is 1.58. The molecule has 1 aromatic carbocycles. The lowest BCUT2D eigenvalue weighted by Gasteiger charge is -2.14. The number of aromatic nitrogens is 2. The Bertz CT molecular complexity index is 828. The number of sulfone groups is 1. The van der Waals surface area contributed by atoms with Gasteiger partial charge < -0.3 is 10.4 Å². The summed E-state index contributed by atoms with van der Waals surface area (Å²) in [5.41, 5.74) is 0.481. The van der Waals surface area contributed by atoms with E-state index in [1.807, 2.05) is 0 Å². The van der Waals surface area contributed by atoms with Crippen LogP contribution in [0.3, 0.4) is 0 Å². The summed E-state index contributed by atoms with van der Waals surface area (Å²) in [5, 5.41) is 12.4. The van der Waals surface area contributed by atoms with Crippen LogP contribution < -0.4 is 5.32 Å². The summed E-state index contributed by atoms with van der Waals surface area (Å²) >= 11 is 5.99. The van der Waals surface area contributed by atoms with Crippen LogP contribution in [-0.4, -0.2) is 35.9 Å². The molecule has 1 aromatic heterocycles. The highest BCUT2D eigenvalue weighted by molar-refractivity contribution is 7.90. The molecule has 23 heavy (non-hydrogen) atoms. The van der Waals surface area contributed by atoms with Gasteiger partial charge in [0.2, 0.25) is 0 Å². The molecule has 2 rings (SSSR count). The molecule has 0 saturated carbocycles. The first-order valence-corrected chi connectivity index (χ1v) is 8.89. The Morgan fingerprint density at radius 1 is 1.39 bits per heavy atom. The van der Waals surface area contributed by atoms with Crippen LogP contribution in [0.15, 0.2) is 29.4 Å². The smallest absolute Gasteiger partial charge is 0.175 e. The number of halogens is 2. The summed E-state index contributed by atoms with van der Waals surface area (Å²) in [6, 6.07) is 3.51. The molecule has 0 aliphatic carbocycles. The van der Waals surface area contributed by atoms with Crippen molar-refractivity contribution < 1.29 is 17.9 Å². The first kappa shape index (κ1) is 17.6. The van der Waals surface area contributed by atoms with E-state index in [1.54, 1.807) is 6.92 Å². The lowest BCUT2D eigenvalue weighted by Crippen LogP contribution is -2.10. The van der Waals surface area contributed by atoms with Gasteiger partial charge >= 0.3 is 0 Å². The highest BCUT2D eigenvalue weighted by Gasteiger charge is 2.15. The van der Waals surface area contributed by atoms with Crippen LogP contribution in [-0.2, 0) is 16.3 Å². The molecule has 0 saturated heterocycles. The van der Waals surface area contributed by atoms with Crippen molar-refractivity contribution >= 4 is 32.9 Å². The van der Waals surface area contributed by atoms with Gasteiger partial charge in [-0.15, -0.1) is 0 Å². The molecule has 0 radical (unpaired) electrons. The van der Waals surface area contributed by atoms with E-state index in [-0.39, 0.29) is 28.0 Å². The fraction of sp³-hybridized carbons (Fsp3) is 0.286. The minimum atomic E-state index is -3.49. The molecule has 2 aromatic rings. The standard InChI is InChI=1S/C14H15ClFN3O3S/c1-8(20)5-10-13(15)17-7-18-14(10)19-12-4-3-9(6-11(12)16)23(2,21)22/h3-4,6-8,20H,5H2,1-2H3,(H,17,18,19). The zero-order valence-electron chi connectivity index (χ0n) is 12.4. The first-order valence-electron chi connectivity index (χ1n) is 6.62. The Morgan fingerprint density at radius 2 is 2.09 bits per heavy atom. The maximum absolute atomic E-state index is 14.1. The van der Waals surface area contributed by atoms with Gasteiger partial charge in [0.15, 0.2) is 9.84 Å². The van der Waals surface area contributed by atoms with Crippen LogP contribution in [0.2, 0.25) is 5.15 Å². The second kappa shape index (κ2) is 6.77. The van der Waals surface area contributed by atoms with Gasteiger partial charge in [-0.05, 0) is 25.1 Å². The topological polar surface area (TPSA) is 92.2 Å². The van der Waals surface area contributed by atoms with Gasteiger partial charge in [-0.2, -0.15) is 0 Å². The Balaban J connectivity index is 2.38. The van der Waals surface area contributed by atoms with Gasteiger partial charge in [0.25, 0.3) is 0 Å². The van der Waals surface area contributed by atoms with E-state index in [2.05, 4.69) is 15.3 Å². The molecule has 0 fully saturated rings. The average Bonchev–Trinajstić information content (AvgIpc) is 2.43. The van der Waals surface area contributed by atoms with E-state index in [4.69, 9.17) is 11.6 Å².